The molecule has 1 heterocycles. The third-order valence-corrected chi connectivity index (χ3v) is 2.16. The van der Waals surface area contributed by atoms with Crippen LogP contribution in [0.2, 0.25) is 0 Å². The lowest BCUT2D eigenvalue weighted by Crippen LogP contribution is -2.42. The van der Waals surface area contributed by atoms with Gasteiger partial charge in [0, 0.05) is 13.1 Å². The number of likely N-dealkylation sites (tertiary alicyclic amines) is 1. The first-order valence-corrected chi connectivity index (χ1v) is 4.44. The number of carbonyl (C=O) groups excluding carboxylic acids is 1. The maximum atomic E-state index is 11.1. The van der Waals surface area contributed by atoms with E-state index < -0.39 is 0 Å². The quantitative estimate of drug-likeness (QED) is 0.546. The average Bonchev–Trinajstić information content (AvgIpc) is 2.03. The van der Waals surface area contributed by atoms with Gasteiger partial charge in [0.2, 0.25) is 5.91 Å². The van der Waals surface area contributed by atoms with E-state index in [1.165, 1.54) is 0 Å². The number of hydrogen-bond donors (Lipinski definition) is 2. The fourth-order valence-corrected chi connectivity index (χ4v) is 1.48. The summed E-state index contributed by atoms with van der Waals surface area (Å²) in [5, 5.41) is 9.21. The molecule has 1 aliphatic heterocycles. The Morgan fingerprint density at radius 2 is 2.45 bits per heavy atom. The summed E-state index contributed by atoms with van der Waals surface area (Å²) in [5.41, 5.74) is 0. The summed E-state index contributed by atoms with van der Waals surface area (Å²) in [5.74, 6) is 0.263. The van der Waals surface area contributed by atoms with Crippen LogP contribution in [0.1, 0.15) is 12.8 Å². The molecule has 11 heavy (non-hydrogen) atoms. The lowest BCUT2D eigenvalue weighted by molar-refractivity contribution is -0.131. The second kappa shape index (κ2) is 3.97. The summed E-state index contributed by atoms with van der Waals surface area (Å²) in [6.07, 6.45) is 1.39. The first-order chi connectivity index (χ1) is 5.24. The van der Waals surface area contributed by atoms with Crippen molar-refractivity contribution < 1.29 is 9.90 Å². The van der Waals surface area contributed by atoms with E-state index in [1.807, 2.05) is 0 Å². The minimum Gasteiger partial charge on any atom is -0.391 e. The lowest BCUT2D eigenvalue weighted by Gasteiger charge is -2.29. The van der Waals surface area contributed by atoms with Crippen LogP contribution in [-0.4, -0.2) is 40.9 Å². The highest BCUT2D eigenvalue weighted by atomic mass is 32.1. The predicted octanol–water partition coefficient (Wildman–Crippen LogP) is -0.100. The summed E-state index contributed by atoms with van der Waals surface area (Å²) in [6.45, 7) is 1.26. The molecule has 1 rings (SSSR count). The van der Waals surface area contributed by atoms with Crippen LogP contribution >= 0.6 is 12.6 Å². The average molecular weight is 175 g/mol. The van der Waals surface area contributed by atoms with E-state index in [4.69, 9.17) is 0 Å². The topological polar surface area (TPSA) is 40.5 Å². The van der Waals surface area contributed by atoms with E-state index in [9.17, 15) is 9.90 Å². The van der Waals surface area contributed by atoms with Crippen molar-refractivity contribution in [3.05, 3.63) is 0 Å². The number of rotatable bonds is 1. The molecule has 0 radical (unpaired) electrons. The minimum absolute atomic E-state index is 0.0204. The van der Waals surface area contributed by atoms with E-state index in [-0.39, 0.29) is 17.8 Å². The van der Waals surface area contributed by atoms with Crippen molar-refractivity contribution in [1.82, 2.24) is 4.90 Å². The molecule has 1 unspecified atom stereocenters. The predicted molar refractivity (Wildman–Crippen MR) is 45.7 cm³/mol. The first kappa shape index (κ1) is 8.87. The molecule has 1 N–H and O–H groups in total. The minimum atomic E-state index is -0.326. The summed E-state index contributed by atoms with van der Waals surface area (Å²) in [6, 6.07) is 0. The Bertz CT molecular complexity index is 151. The normalized spacial score (nSPS) is 25.3. The zero-order chi connectivity index (χ0) is 8.27. The largest absolute Gasteiger partial charge is 0.391 e. The van der Waals surface area contributed by atoms with Crippen molar-refractivity contribution in [2.75, 3.05) is 18.8 Å². The van der Waals surface area contributed by atoms with Crippen LogP contribution in [0.15, 0.2) is 0 Å². The highest BCUT2D eigenvalue weighted by Gasteiger charge is 2.20. The van der Waals surface area contributed by atoms with E-state index in [1.54, 1.807) is 4.90 Å². The molecular formula is C7H13NO2S. The first-order valence-electron chi connectivity index (χ1n) is 3.80. The van der Waals surface area contributed by atoms with Gasteiger partial charge in [0.1, 0.15) is 0 Å². The summed E-state index contributed by atoms with van der Waals surface area (Å²) < 4.78 is 0. The zero-order valence-corrected chi connectivity index (χ0v) is 7.26. The molecule has 64 valence electrons. The summed E-state index contributed by atoms with van der Waals surface area (Å²) >= 11 is 3.88. The van der Waals surface area contributed by atoms with Crippen molar-refractivity contribution in [3.63, 3.8) is 0 Å². The molecule has 1 saturated heterocycles. The van der Waals surface area contributed by atoms with Crippen LogP contribution in [-0.2, 0) is 4.79 Å². The van der Waals surface area contributed by atoms with E-state index in [0.717, 1.165) is 19.4 Å². The van der Waals surface area contributed by atoms with Gasteiger partial charge < -0.3 is 10.0 Å². The maximum Gasteiger partial charge on any atom is 0.232 e. The van der Waals surface area contributed by atoms with Crippen LogP contribution in [0.5, 0.6) is 0 Å². The molecule has 1 amide bonds. The van der Waals surface area contributed by atoms with Crippen molar-refractivity contribution in [2.24, 2.45) is 0 Å². The van der Waals surface area contributed by atoms with Gasteiger partial charge in [-0.2, -0.15) is 12.6 Å². The smallest absolute Gasteiger partial charge is 0.232 e. The molecule has 0 aromatic heterocycles. The number of carbonyl (C=O) groups is 1. The molecule has 0 aromatic carbocycles. The van der Waals surface area contributed by atoms with Gasteiger partial charge >= 0.3 is 0 Å². The molecule has 0 saturated carbocycles. The van der Waals surface area contributed by atoms with Gasteiger partial charge in [0.25, 0.3) is 0 Å². The van der Waals surface area contributed by atoms with Crippen molar-refractivity contribution in [2.45, 2.75) is 18.9 Å². The molecule has 1 aliphatic rings. The summed E-state index contributed by atoms with van der Waals surface area (Å²) in [4.78, 5) is 12.7. The monoisotopic (exact) mass is 175 g/mol. The van der Waals surface area contributed by atoms with Crippen LogP contribution in [0.4, 0.5) is 0 Å². The number of amides is 1. The van der Waals surface area contributed by atoms with E-state index in [2.05, 4.69) is 12.6 Å². The van der Waals surface area contributed by atoms with Gasteiger partial charge in [-0.05, 0) is 12.8 Å². The number of piperidine rings is 1. The Balaban J connectivity index is 2.39. The molecule has 3 nitrogen and oxygen atoms in total. The number of hydrogen-bond acceptors (Lipinski definition) is 3. The van der Waals surface area contributed by atoms with Crippen LogP contribution in [0.3, 0.4) is 0 Å². The van der Waals surface area contributed by atoms with E-state index >= 15 is 0 Å². The van der Waals surface area contributed by atoms with Gasteiger partial charge in [-0.1, -0.05) is 0 Å². The van der Waals surface area contributed by atoms with Crippen molar-refractivity contribution >= 4 is 18.5 Å². The molecule has 0 aliphatic carbocycles. The fourth-order valence-electron chi connectivity index (χ4n) is 1.28. The van der Waals surface area contributed by atoms with Crippen LogP contribution in [0, 0.1) is 0 Å². The van der Waals surface area contributed by atoms with Gasteiger partial charge in [-0.25, -0.2) is 0 Å². The van der Waals surface area contributed by atoms with Gasteiger partial charge in [-0.3, -0.25) is 4.79 Å². The Kier molecular flexibility index (Phi) is 3.20. The molecule has 1 fully saturated rings. The number of aliphatic hydroxyl groups excluding tert-OH is 1. The Labute approximate surface area is 71.8 Å². The van der Waals surface area contributed by atoms with Crippen molar-refractivity contribution in [1.29, 1.82) is 0 Å². The Morgan fingerprint density at radius 1 is 1.73 bits per heavy atom. The third kappa shape index (κ3) is 2.38. The summed E-state index contributed by atoms with van der Waals surface area (Å²) in [7, 11) is 0. The van der Waals surface area contributed by atoms with Gasteiger partial charge in [-0.15, -0.1) is 0 Å². The number of thiol groups is 1. The van der Waals surface area contributed by atoms with Crippen molar-refractivity contribution in [3.8, 4) is 0 Å². The van der Waals surface area contributed by atoms with E-state index in [0.29, 0.717) is 6.54 Å². The molecule has 0 bridgehead atoms. The SMILES string of the molecule is O=C(CS)N1CCCC(O)C1. The molecule has 0 aromatic rings. The van der Waals surface area contributed by atoms with Gasteiger partial charge in [0.15, 0.2) is 0 Å². The van der Waals surface area contributed by atoms with Crippen LogP contribution < -0.4 is 0 Å². The second-order valence-corrected chi connectivity index (χ2v) is 3.11. The number of nitrogens with zero attached hydrogens (tertiary/aromatic N) is 1. The zero-order valence-electron chi connectivity index (χ0n) is 6.36. The number of aliphatic hydroxyl groups is 1. The number of β-amino-alcohol motifs (C(OH)–C–C–N with tert-alkyl or cyclic N) is 1. The highest BCUT2D eigenvalue weighted by molar-refractivity contribution is 7.81. The lowest BCUT2D eigenvalue weighted by atomic mass is 10.1. The second-order valence-electron chi connectivity index (χ2n) is 2.79. The molecule has 0 spiro atoms. The van der Waals surface area contributed by atoms with Gasteiger partial charge in [0.05, 0.1) is 11.9 Å². The Morgan fingerprint density at radius 3 is 3.00 bits per heavy atom. The highest BCUT2D eigenvalue weighted by Crippen LogP contribution is 2.09. The Hall–Kier alpha value is -0.220. The third-order valence-electron chi connectivity index (χ3n) is 1.88. The molecule has 4 heteroatoms. The van der Waals surface area contributed by atoms with Crippen LogP contribution in [0.25, 0.3) is 0 Å². The maximum absolute atomic E-state index is 11.1. The standard InChI is InChI=1S/C7H13NO2S/c9-6-2-1-3-8(4-6)7(10)5-11/h6,9,11H,1-5H2. The molecule has 1 atom stereocenters. The fraction of sp³-hybridized carbons (Fsp3) is 0.857. The molecular weight excluding hydrogens is 162 g/mol.